The number of rotatable bonds is 10. The molecule has 13 heteroatoms. The Hall–Kier alpha value is -5.17. The van der Waals surface area contributed by atoms with Gasteiger partial charge in [-0.25, -0.2) is 29.3 Å². The molecule has 44 heavy (non-hydrogen) atoms. The van der Waals surface area contributed by atoms with Crippen LogP contribution in [0.5, 0.6) is 22.4 Å². The highest BCUT2D eigenvalue weighted by atomic mass is 32.1. The molecule has 1 aliphatic carbocycles. The molecule has 0 radical (unpaired) electrons. The average Bonchev–Trinajstić information content (AvgIpc) is 3.77. The predicted octanol–water partition coefficient (Wildman–Crippen LogP) is 5.88. The molecule has 1 saturated carbocycles. The number of amides is 1. The lowest BCUT2D eigenvalue weighted by Gasteiger charge is -2.38. The molecule has 0 spiro atoms. The first kappa shape index (κ1) is 27.7. The van der Waals surface area contributed by atoms with E-state index in [1.165, 1.54) is 36.9 Å². The number of nitrogens with one attached hydrogen (secondary N) is 1. The van der Waals surface area contributed by atoms with Gasteiger partial charge in [0, 0.05) is 46.8 Å². The standard InChI is InChI=1S/C31H26FN7O4S/c1-3-28(40)39-13-20(14-39)42-27-9-21-24(10-26(27)41-2)35-16-36-30(21)37-23-7-6-19(8-22(23)32)43-31-38-25(15-44-31)18-11-33-29(34-12-18)17-4-5-17/h3,6-12,15-17,20H,1,4-5,13-14H2,2H3,(H,35,36,37). The molecule has 1 N–H and O–H groups in total. The van der Waals surface area contributed by atoms with Gasteiger partial charge in [-0.1, -0.05) is 17.9 Å². The Balaban J connectivity index is 1.06. The third-order valence-electron chi connectivity index (χ3n) is 7.34. The molecule has 2 fully saturated rings. The van der Waals surface area contributed by atoms with Crippen molar-refractivity contribution in [2.24, 2.45) is 0 Å². The summed E-state index contributed by atoms with van der Waals surface area (Å²) in [5.74, 6) is 2.29. The largest absolute Gasteiger partial charge is 0.493 e. The number of methoxy groups -OCH3 is 1. The molecule has 1 saturated heterocycles. The van der Waals surface area contributed by atoms with Gasteiger partial charge < -0.3 is 24.4 Å². The fourth-order valence-corrected chi connectivity index (χ4v) is 5.46. The number of nitrogens with zero attached hydrogens (tertiary/aromatic N) is 6. The van der Waals surface area contributed by atoms with Crippen molar-refractivity contribution in [2.45, 2.75) is 24.9 Å². The summed E-state index contributed by atoms with van der Waals surface area (Å²) in [6, 6.07) is 7.97. The van der Waals surface area contributed by atoms with Gasteiger partial charge in [0.1, 0.15) is 35.6 Å². The van der Waals surface area contributed by atoms with Crippen molar-refractivity contribution in [3.05, 3.63) is 78.7 Å². The minimum absolute atomic E-state index is 0.144. The monoisotopic (exact) mass is 611 g/mol. The van der Waals surface area contributed by atoms with Crippen LogP contribution in [0.3, 0.4) is 0 Å². The Morgan fingerprint density at radius 2 is 1.93 bits per heavy atom. The molecule has 1 amide bonds. The summed E-state index contributed by atoms with van der Waals surface area (Å²) in [5.41, 5.74) is 2.27. The first-order valence-corrected chi connectivity index (χ1v) is 14.8. The van der Waals surface area contributed by atoms with Gasteiger partial charge in [-0.15, -0.1) is 0 Å². The lowest BCUT2D eigenvalue weighted by atomic mass is 10.1. The van der Waals surface area contributed by atoms with E-state index in [4.69, 9.17) is 14.2 Å². The van der Waals surface area contributed by atoms with Crippen LogP contribution in [-0.2, 0) is 4.79 Å². The van der Waals surface area contributed by atoms with E-state index < -0.39 is 5.82 Å². The number of hydrogen-bond acceptors (Lipinski definition) is 11. The van der Waals surface area contributed by atoms with Gasteiger partial charge in [-0.05, 0) is 37.1 Å². The third kappa shape index (κ3) is 5.61. The maximum absolute atomic E-state index is 15.3. The molecule has 7 rings (SSSR count). The highest BCUT2D eigenvalue weighted by Gasteiger charge is 2.32. The number of thiazole rings is 1. The molecule has 5 aromatic rings. The minimum Gasteiger partial charge on any atom is -0.493 e. The molecule has 11 nitrogen and oxygen atoms in total. The summed E-state index contributed by atoms with van der Waals surface area (Å²) < 4.78 is 32.7. The van der Waals surface area contributed by atoms with Crippen LogP contribution in [0.4, 0.5) is 15.9 Å². The van der Waals surface area contributed by atoms with Crippen molar-refractivity contribution in [3.8, 4) is 33.7 Å². The lowest BCUT2D eigenvalue weighted by molar-refractivity contribution is -0.134. The topological polar surface area (TPSA) is 124 Å². The third-order valence-corrected chi connectivity index (χ3v) is 8.06. The summed E-state index contributed by atoms with van der Waals surface area (Å²) in [5, 5.41) is 5.88. The molecule has 222 valence electrons. The number of anilines is 2. The van der Waals surface area contributed by atoms with E-state index in [1.807, 2.05) is 5.38 Å². The van der Waals surface area contributed by atoms with Crippen LogP contribution in [0, 0.1) is 5.82 Å². The first-order valence-electron chi connectivity index (χ1n) is 13.9. The van der Waals surface area contributed by atoms with E-state index >= 15 is 4.39 Å². The van der Waals surface area contributed by atoms with Gasteiger partial charge in [-0.3, -0.25) is 4.79 Å². The summed E-state index contributed by atoms with van der Waals surface area (Å²) in [6.07, 6.45) is 8.28. The molecule has 4 heterocycles. The highest BCUT2D eigenvalue weighted by Crippen LogP contribution is 2.39. The molecule has 0 atom stereocenters. The lowest BCUT2D eigenvalue weighted by Crippen LogP contribution is -2.55. The van der Waals surface area contributed by atoms with Gasteiger partial charge in [0.05, 0.1) is 37.1 Å². The second-order valence-corrected chi connectivity index (χ2v) is 11.2. The number of fused-ring (bicyclic) bond motifs is 1. The zero-order valence-corrected chi connectivity index (χ0v) is 24.4. The molecule has 3 aromatic heterocycles. The summed E-state index contributed by atoms with van der Waals surface area (Å²) in [6.45, 7) is 4.39. The number of carbonyl (C=O) groups is 1. The quantitative estimate of drug-likeness (QED) is 0.192. The van der Waals surface area contributed by atoms with E-state index in [-0.39, 0.29) is 17.7 Å². The van der Waals surface area contributed by atoms with Crippen molar-refractivity contribution < 1.29 is 23.4 Å². The fraction of sp³-hybridized carbons (Fsp3) is 0.226. The van der Waals surface area contributed by atoms with Gasteiger partial charge >= 0.3 is 0 Å². The van der Waals surface area contributed by atoms with Crippen LogP contribution >= 0.6 is 11.3 Å². The maximum Gasteiger partial charge on any atom is 0.279 e. The molecule has 2 aliphatic rings. The van der Waals surface area contributed by atoms with Crippen LogP contribution in [0.2, 0.25) is 0 Å². The van der Waals surface area contributed by atoms with E-state index in [2.05, 4.69) is 36.8 Å². The van der Waals surface area contributed by atoms with Crippen molar-refractivity contribution in [3.63, 3.8) is 0 Å². The maximum atomic E-state index is 15.3. The Morgan fingerprint density at radius 1 is 1.11 bits per heavy atom. The fourth-order valence-electron chi connectivity index (χ4n) is 4.77. The number of hydrogen-bond donors (Lipinski definition) is 1. The average molecular weight is 612 g/mol. The molecule has 1 aliphatic heterocycles. The second kappa shape index (κ2) is 11.5. The molecular formula is C31H26FN7O4S. The van der Waals surface area contributed by atoms with Gasteiger partial charge in [0.2, 0.25) is 5.91 Å². The number of ether oxygens (including phenoxy) is 3. The molecule has 0 bridgehead atoms. The number of halogens is 1. The summed E-state index contributed by atoms with van der Waals surface area (Å²) in [7, 11) is 1.54. The van der Waals surface area contributed by atoms with Crippen LogP contribution in [-0.4, -0.2) is 62.0 Å². The Kier molecular flexibility index (Phi) is 7.22. The van der Waals surface area contributed by atoms with Crippen molar-refractivity contribution in [1.82, 2.24) is 29.8 Å². The van der Waals surface area contributed by atoms with Gasteiger partial charge in [0.15, 0.2) is 11.5 Å². The second-order valence-electron chi connectivity index (χ2n) is 10.4. The SMILES string of the molecule is C=CC(=O)N1CC(Oc2cc3c(Nc4ccc(Oc5nc(-c6cnc(C7CC7)nc6)cs5)cc4F)ncnc3cc2OC)C1. The number of carbonyl (C=O) groups excluding carboxylic acids is 1. The zero-order valence-electron chi connectivity index (χ0n) is 23.6. The number of likely N-dealkylation sites (tertiary alicyclic amines) is 1. The van der Waals surface area contributed by atoms with Gasteiger partial charge in [0.25, 0.3) is 5.19 Å². The summed E-state index contributed by atoms with van der Waals surface area (Å²) in [4.78, 5) is 35.5. The van der Waals surface area contributed by atoms with Crippen molar-refractivity contribution in [2.75, 3.05) is 25.5 Å². The van der Waals surface area contributed by atoms with E-state index in [9.17, 15) is 4.79 Å². The normalized spacial score (nSPS) is 14.6. The first-order chi connectivity index (χ1) is 21.5. The highest BCUT2D eigenvalue weighted by molar-refractivity contribution is 7.11. The Morgan fingerprint density at radius 3 is 2.66 bits per heavy atom. The van der Waals surface area contributed by atoms with E-state index in [0.717, 1.165) is 24.2 Å². The zero-order chi connectivity index (χ0) is 30.2. The predicted molar refractivity (Wildman–Crippen MR) is 162 cm³/mol. The Bertz CT molecular complexity index is 1870. The van der Waals surface area contributed by atoms with Crippen molar-refractivity contribution >= 4 is 39.7 Å². The van der Waals surface area contributed by atoms with E-state index in [1.54, 1.807) is 41.6 Å². The van der Waals surface area contributed by atoms with Crippen LogP contribution in [0.25, 0.3) is 22.2 Å². The van der Waals surface area contributed by atoms with Crippen LogP contribution < -0.4 is 19.5 Å². The number of benzene rings is 2. The minimum atomic E-state index is -0.540. The van der Waals surface area contributed by atoms with Crippen LogP contribution in [0.15, 0.2) is 67.1 Å². The molecule has 2 aromatic carbocycles. The molecular weight excluding hydrogens is 585 g/mol. The smallest absolute Gasteiger partial charge is 0.279 e. The number of aromatic nitrogens is 5. The van der Waals surface area contributed by atoms with Gasteiger partial charge in [-0.2, -0.15) is 0 Å². The molecule has 0 unspecified atom stereocenters. The Labute approximate surface area is 255 Å². The van der Waals surface area contributed by atoms with Crippen molar-refractivity contribution in [1.29, 1.82) is 0 Å². The van der Waals surface area contributed by atoms with E-state index in [0.29, 0.717) is 63.9 Å². The van der Waals surface area contributed by atoms with Crippen LogP contribution in [0.1, 0.15) is 24.6 Å². The summed E-state index contributed by atoms with van der Waals surface area (Å²) >= 11 is 1.30.